The topological polar surface area (TPSA) is 33.3 Å². The largest absolute Gasteiger partial charge is 0.484 e. The van der Waals surface area contributed by atoms with Crippen LogP contribution < -0.4 is 15.4 Å². The van der Waals surface area contributed by atoms with Crippen LogP contribution in [0.1, 0.15) is 39.2 Å². The molecular formula is C16H26N2O. The van der Waals surface area contributed by atoms with Crippen molar-refractivity contribution in [1.82, 2.24) is 5.32 Å². The summed E-state index contributed by atoms with van der Waals surface area (Å²) < 4.78 is 5.95. The maximum Gasteiger partial charge on any atom is 0.143 e. The van der Waals surface area contributed by atoms with E-state index >= 15 is 0 Å². The molecule has 106 valence electrons. The number of unbranched alkanes of at least 4 members (excludes halogenated alkanes) is 1. The van der Waals surface area contributed by atoms with Gasteiger partial charge in [0.15, 0.2) is 0 Å². The van der Waals surface area contributed by atoms with Crippen molar-refractivity contribution in [2.75, 3.05) is 25.0 Å². The van der Waals surface area contributed by atoms with Crippen LogP contribution in [0.25, 0.3) is 0 Å². The third-order valence-electron chi connectivity index (χ3n) is 3.43. The van der Waals surface area contributed by atoms with Gasteiger partial charge in [-0.3, -0.25) is 0 Å². The van der Waals surface area contributed by atoms with Gasteiger partial charge in [-0.15, -0.1) is 0 Å². The Balaban J connectivity index is 1.87. The lowest BCUT2D eigenvalue weighted by atomic mass is 10.0. The molecule has 0 radical (unpaired) electrons. The minimum Gasteiger partial charge on any atom is -0.484 e. The second-order valence-corrected chi connectivity index (χ2v) is 5.90. The maximum atomic E-state index is 5.95. The highest BCUT2D eigenvalue weighted by Gasteiger charge is 2.25. The summed E-state index contributed by atoms with van der Waals surface area (Å²) in [5.41, 5.74) is 2.37. The fourth-order valence-electron chi connectivity index (χ4n) is 2.26. The van der Waals surface area contributed by atoms with Gasteiger partial charge in [0.2, 0.25) is 0 Å². The van der Waals surface area contributed by atoms with Crippen molar-refractivity contribution in [1.29, 1.82) is 0 Å². The molecule has 0 saturated carbocycles. The van der Waals surface area contributed by atoms with E-state index in [0.717, 1.165) is 37.5 Å². The van der Waals surface area contributed by atoms with Gasteiger partial charge in [-0.05, 0) is 57.5 Å². The Morgan fingerprint density at radius 3 is 2.95 bits per heavy atom. The van der Waals surface area contributed by atoms with E-state index in [9.17, 15) is 0 Å². The molecule has 2 N–H and O–H groups in total. The van der Waals surface area contributed by atoms with Crippen LogP contribution in [-0.2, 0) is 6.42 Å². The number of hydrogen-bond acceptors (Lipinski definition) is 3. The van der Waals surface area contributed by atoms with Crippen LogP contribution in [0.2, 0.25) is 0 Å². The first kappa shape index (κ1) is 14.2. The van der Waals surface area contributed by atoms with E-state index in [0.29, 0.717) is 0 Å². The highest BCUT2D eigenvalue weighted by molar-refractivity contribution is 5.60. The molecule has 1 aromatic carbocycles. The molecule has 0 amide bonds. The molecule has 19 heavy (non-hydrogen) atoms. The van der Waals surface area contributed by atoms with Gasteiger partial charge in [0.25, 0.3) is 0 Å². The number of rotatable bonds is 6. The lowest BCUT2D eigenvalue weighted by molar-refractivity contribution is 0.116. The molecule has 3 nitrogen and oxygen atoms in total. The Morgan fingerprint density at radius 1 is 1.32 bits per heavy atom. The van der Waals surface area contributed by atoms with Crippen molar-refractivity contribution in [3.8, 4) is 5.75 Å². The zero-order valence-corrected chi connectivity index (χ0v) is 12.4. The third kappa shape index (κ3) is 4.13. The predicted octanol–water partition coefficient (Wildman–Crippen LogP) is 3.20. The van der Waals surface area contributed by atoms with Crippen molar-refractivity contribution < 1.29 is 4.74 Å². The summed E-state index contributed by atoms with van der Waals surface area (Å²) in [4.78, 5) is 0. The molecule has 1 aromatic rings. The van der Waals surface area contributed by atoms with Gasteiger partial charge >= 0.3 is 0 Å². The molecule has 0 unspecified atom stereocenters. The third-order valence-corrected chi connectivity index (χ3v) is 3.43. The normalized spacial score (nSPS) is 16.4. The molecule has 1 aliphatic rings. The van der Waals surface area contributed by atoms with E-state index in [1.165, 1.54) is 18.4 Å². The number of nitrogens with one attached hydrogen (secondary N) is 2. The molecule has 1 heterocycles. The molecule has 0 aliphatic carbocycles. The maximum absolute atomic E-state index is 5.95. The summed E-state index contributed by atoms with van der Waals surface area (Å²) in [6.07, 6.45) is 3.58. The zero-order chi connectivity index (χ0) is 13.7. The zero-order valence-electron chi connectivity index (χ0n) is 12.4. The first-order chi connectivity index (χ1) is 9.11. The van der Waals surface area contributed by atoms with Gasteiger partial charge in [0, 0.05) is 0 Å². The Labute approximate surface area is 116 Å². The number of fused-ring (bicyclic) bond motifs is 1. The molecule has 2 rings (SSSR count). The van der Waals surface area contributed by atoms with Crippen LogP contribution in [0.5, 0.6) is 5.75 Å². The van der Waals surface area contributed by atoms with E-state index in [1.54, 1.807) is 0 Å². The molecule has 1 aliphatic heterocycles. The minimum atomic E-state index is -0.115. The quantitative estimate of drug-likeness (QED) is 0.772. The standard InChI is InChI=1S/C16H26N2O/c1-4-5-9-17-10-8-13-6-7-15-14(11-13)18-12-16(2,3)19-15/h6-7,11,17-18H,4-5,8-10,12H2,1-3H3. The van der Waals surface area contributed by atoms with Crippen molar-refractivity contribution in [3.63, 3.8) is 0 Å². The van der Waals surface area contributed by atoms with E-state index in [1.807, 2.05) is 0 Å². The Kier molecular flexibility index (Phi) is 4.70. The number of ether oxygens (including phenoxy) is 1. The van der Waals surface area contributed by atoms with Crippen LogP contribution in [0.4, 0.5) is 5.69 Å². The van der Waals surface area contributed by atoms with Crippen molar-refractivity contribution in [3.05, 3.63) is 23.8 Å². The molecule has 3 heteroatoms. The van der Waals surface area contributed by atoms with E-state index in [-0.39, 0.29) is 5.60 Å². The summed E-state index contributed by atoms with van der Waals surface area (Å²) in [7, 11) is 0. The summed E-state index contributed by atoms with van der Waals surface area (Å²) in [5, 5.41) is 6.93. The Morgan fingerprint density at radius 2 is 2.16 bits per heavy atom. The summed E-state index contributed by atoms with van der Waals surface area (Å²) in [5.74, 6) is 0.971. The molecule has 0 spiro atoms. The van der Waals surface area contributed by atoms with E-state index in [2.05, 4.69) is 49.6 Å². The van der Waals surface area contributed by atoms with Crippen molar-refractivity contribution >= 4 is 5.69 Å². The van der Waals surface area contributed by atoms with Gasteiger partial charge in [-0.25, -0.2) is 0 Å². The van der Waals surface area contributed by atoms with Crippen molar-refractivity contribution in [2.24, 2.45) is 0 Å². The molecule has 0 saturated heterocycles. The molecule has 0 aromatic heterocycles. The second kappa shape index (κ2) is 6.29. The van der Waals surface area contributed by atoms with Gasteiger partial charge in [-0.2, -0.15) is 0 Å². The average molecular weight is 262 g/mol. The molecule has 0 atom stereocenters. The molecule has 0 fully saturated rings. The predicted molar refractivity (Wildman–Crippen MR) is 81.1 cm³/mol. The summed E-state index contributed by atoms with van der Waals surface area (Å²) in [6, 6.07) is 6.47. The Bertz CT molecular complexity index is 415. The average Bonchev–Trinajstić information content (AvgIpc) is 2.38. The highest BCUT2D eigenvalue weighted by Crippen LogP contribution is 2.33. The first-order valence-corrected chi connectivity index (χ1v) is 7.37. The SMILES string of the molecule is CCCCNCCc1ccc2c(c1)NCC(C)(C)O2. The number of benzene rings is 1. The monoisotopic (exact) mass is 262 g/mol. The lowest BCUT2D eigenvalue weighted by Gasteiger charge is -2.33. The summed E-state index contributed by atoms with van der Waals surface area (Å²) in [6.45, 7) is 9.46. The Hall–Kier alpha value is -1.22. The van der Waals surface area contributed by atoms with Gasteiger partial charge < -0.3 is 15.4 Å². The summed E-state index contributed by atoms with van der Waals surface area (Å²) >= 11 is 0. The van der Waals surface area contributed by atoms with Crippen LogP contribution >= 0.6 is 0 Å². The van der Waals surface area contributed by atoms with E-state index in [4.69, 9.17) is 4.74 Å². The smallest absolute Gasteiger partial charge is 0.143 e. The minimum absolute atomic E-state index is 0.115. The van der Waals surface area contributed by atoms with Crippen LogP contribution in [-0.4, -0.2) is 25.2 Å². The lowest BCUT2D eigenvalue weighted by Crippen LogP contribution is -2.40. The van der Waals surface area contributed by atoms with Gasteiger partial charge in [-0.1, -0.05) is 19.4 Å². The molecule has 0 bridgehead atoms. The first-order valence-electron chi connectivity index (χ1n) is 7.37. The second-order valence-electron chi connectivity index (χ2n) is 5.90. The van der Waals surface area contributed by atoms with Crippen LogP contribution in [0.15, 0.2) is 18.2 Å². The number of anilines is 1. The van der Waals surface area contributed by atoms with Crippen LogP contribution in [0.3, 0.4) is 0 Å². The van der Waals surface area contributed by atoms with Crippen LogP contribution in [0, 0.1) is 0 Å². The van der Waals surface area contributed by atoms with Gasteiger partial charge in [0.05, 0.1) is 12.2 Å². The number of hydrogen-bond donors (Lipinski definition) is 2. The molecular weight excluding hydrogens is 236 g/mol. The highest BCUT2D eigenvalue weighted by atomic mass is 16.5. The fraction of sp³-hybridized carbons (Fsp3) is 0.625. The van der Waals surface area contributed by atoms with Crippen molar-refractivity contribution in [2.45, 2.75) is 45.6 Å². The fourth-order valence-corrected chi connectivity index (χ4v) is 2.26. The van der Waals surface area contributed by atoms with Gasteiger partial charge in [0.1, 0.15) is 11.4 Å². The van der Waals surface area contributed by atoms with E-state index < -0.39 is 0 Å².